The molecule has 1 aromatic carbocycles. The first-order chi connectivity index (χ1) is 15.9. The fraction of sp³-hybridized carbons (Fsp3) is 0.480. The number of likely N-dealkylation sites (tertiary alicyclic amines) is 1. The van der Waals surface area contributed by atoms with Crippen LogP contribution in [0.5, 0.6) is 5.75 Å². The maximum atomic E-state index is 12.8. The number of allylic oxidation sites excluding steroid dienone is 1. The molecular weight excluding hydrogens is 424 g/mol. The summed E-state index contributed by atoms with van der Waals surface area (Å²) in [5.41, 5.74) is 1.05. The zero-order chi connectivity index (χ0) is 23.6. The number of ether oxygens (including phenoxy) is 1. The molecule has 33 heavy (non-hydrogen) atoms. The minimum Gasteiger partial charge on any atom is -0.507 e. The molecule has 1 aromatic rings. The molecule has 1 unspecified atom stereocenters. The minimum atomic E-state index is -0.689. The number of hydrogen-bond donors (Lipinski definition) is 2. The number of cyclic esters (lactones) is 1. The van der Waals surface area contributed by atoms with Crippen molar-refractivity contribution >= 4 is 17.6 Å². The van der Waals surface area contributed by atoms with E-state index in [2.05, 4.69) is 5.16 Å². The Morgan fingerprint density at radius 1 is 1.21 bits per heavy atom. The third-order valence-corrected chi connectivity index (χ3v) is 5.61. The van der Waals surface area contributed by atoms with Gasteiger partial charge in [0.15, 0.2) is 6.61 Å². The zero-order valence-corrected chi connectivity index (χ0v) is 19.0. The van der Waals surface area contributed by atoms with Gasteiger partial charge in [0.2, 0.25) is 0 Å². The second-order valence-corrected chi connectivity index (χ2v) is 8.37. The van der Waals surface area contributed by atoms with Crippen LogP contribution < -0.4 is 0 Å². The van der Waals surface area contributed by atoms with Crippen molar-refractivity contribution in [3.63, 3.8) is 0 Å². The van der Waals surface area contributed by atoms with Crippen LogP contribution >= 0.6 is 0 Å². The molecule has 0 saturated carbocycles. The Morgan fingerprint density at radius 3 is 2.79 bits per heavy atom. The van der Waals surface area contributed by atoms with Gasteiger partial charge in [-0.15, -0.1) is 0 Å². The number of aromatic hydroxyl groups is 1. The van der Waals surface area contributed by atoms with Crippen LogP contribution in [0, 0.1) is 0 Å². The smallest absolute Gasteiger partial charge is 0.342 e. The molecule has 2 aliphatic rings. The monoisotopic (exact) mass is 456 g/mol. The minimum absolute atomic E-state index is 0.0796. The van der Waals surface area contributed by atoms with E-state index in [0.29, 0.717) is 24.1 Å². The molecule has 2 heterocycles. The number of piperidine rings is 1. The Hall–Kier alpha value is -3.13. The van der Waals surface area contributed by atoms with Crippen molar-refractivity contribution in [3.8, 4) is 5.75 Å². The molecule has 0 spiro atoms. The number of amides is 1. The van der Waals surface area contributed by atoms with E-state index in [4.69, 9.17) is 9.57 Å². The quantitative estimate of drug-likeness (QED) is 0.411. The highest BCUT2D eigenvalue weighted by atomic mass is 16.6. The van der Waals surface area contributed by atoms with Gasteiger partial charge in [-0.25, -0.2) is 4.79 Å². The second kappa shape index (κ2) is 12.2. The molecule has 2 N–H and O–H groups in total. The van der Waals surface area contributed by atoms with E-state index in [1.807, 2.05) is 0 Å². The lowest BCUT2D eigenvalue weighted by Gasteiger charge is -2.26. The zero-order valence-electron chi connectivity index (χ0n) is 19.0. The number of benzene rings is 1. The summed E-state index contributed by atoms with van der Waals surface area (Å²) in [6.45, 7) is 3.05. The second-order valence-electron chi connectivity index (χ2n) is 8.37. The summed E-state index contributed by atoms with van der Waals surface area (Å²) >= 11 is 0. The predicted octanol–water partition coefficient (Wildman–Crippen LogP) is 3.13. The standard InChI is InChI=1S/C25H32N2O6/c1-18-8-5-11-21(28)12-7-10-20(26-32-17-23(30)27-14-3-2-4-15-27)16-19-9-6-13-22(29)24(19)25(31)33-18/h5-7,9-11,13,18,21,28-29H,2-4,8,12,14-17H2,1H3/b10-7+,11-5+,26-20+/t18-,21?/m1/s1. The van der Waals surface area contributed by atoms with E-state index in [-0.39, 0.29) is 30.2 Å². The van der Waals surface area contributed by atoms with Gasteiger partial charge < -0.3 is 24.7 Å². The third kappa shape index (κ3) is 7.46. The van der Waals surface area contributed by atoms with Crippen LogP contribution in [0.2, 0.25) is 0 Å². The van der Waals surface area contributed by atoms with Crippen LogP contribution in [0.4, 0.5) is 0 Å². The lowest BCUT2D eigenvalue weighted by atomic mass is 10.00. The van der Waals surface area contributed by atoms with Gasteiger partial charge in [0.25, 0.3) is 5.91 Å². The normalized spacial score (nSPS) is 25.5. The van der Waals surface area contributed by atoms with E-state index in [9.17, 15) is 19.8 Å². The number of carbonyl (C=O) groups is 2. The summed E-state index contributed by atoms with van der Waals surface area (Å²) in [7, 11) is 0. The van der Waals surface area contributed by atoms with Crippen molar-refractivity contribution in [3.05, 3.63) is 53.6 Å². The lowest BCUT2D eigenvalue weighted by molar-refractivity contribution is -0.137. The fourth-order valence-electron chi connectivity index (χ4n) is 3.83. The van der Waals surface area contributed by atoms with Gasteiger partial charge in [0.1, 0.15) is 17.4 Å². The Labute approximate surface area is 194 Å². The molecule has 0 aromatic heterocycles. The van der Waals surface area contributed by atoms with E-state index < -0.39 is 18.2 Å². The largest absolute Gasteiger partial charge is 0.507 e. The number of rotatable bonds is 3. The highest BCUT2D eigenvalue weighted by molar-refractivity contribution is 6.00. The number of aliphatic hydroxyl groups is 1. The van der Waals surface area contributed by atoms with Crippen LogP contribution in [-0.4, -0.2) is 64.6 Å². The Kier molecular flexibility index (Phi) is 9.06. The first kappa shape index (κ1) is 24.5. The molecule has 1 fully saturated rings. The van der Waals surface area contributed by atoms with Crippen molar-refractivity contribution in [1.82, 2.24) is 4.90 Å². The summed E-state index contributed by atoms with van der Waals surface area (Å²) in [5.74, 6) is -0.918. The van der Waals surface area contributed by atoms with Crippen LogP contribution in [-0.2, 0) is 20.8 Å². The lowest BCUT2D eigenvalue weighted by Crippen LogP contribution is -2.37. The van der Waals surface area contributed by atoms with Crippen LogP contribution in [0.15, 0.2) is 47.7 Å². The van der Waals surface area contributed by atoms with E-state index in [1.54, 1.807) is 48.3 Å². The summed E-state index contributed by atoms with van der Waals surface area (Å²) in [4.78, 5) is 32.3. The average Bonchev–Trinajstić information content (AvgIpc) is 2.79. The molecule has 2 atom stereocenters. The molecule has 0 radical (unpaired) electrons. The number of nitrogens with zero attached hydrogens (tertiary/aromatic N) is 2. The molecule has 0 aliphatic carbocycles. The van der Waals surface area contributed by atoms with Gasteiger partial charge in [-0.1, -0.05) is 35.5 Å². The molecular formula is C25H32N2O6. The summed E-state index contributed by atoms with van der Waals surface area (Å²) < 4.78 is 5.48. The van der Waals surface area contributed by atoms with Crippen molar-refractivity contribution in [2.75, 3.05) is 19.7 Å². The molecule has 8 nitrogen and oxygen atoms in total. The molecule has 8 heteroatoms. The Morgan fingerprint density at radius 2 is 2.00 bits per heavy atom. The average molecular weight is 457 g/mol. The molecule has 0 bridgehead atoms. The summed E-state index contributed by atoms with van der Waals surface area (Å²) in [5, 5.41) is 24.6. The Bertz CT molecular complexity index is 917. The number of carbonyl (C=O) groups excluding carboxylic acids is 2. The van der Waals surface area contributed by atoms with Gasteiger partial charge in [-0.3, -0.25) is 4.79 Å². The Balaban J connectivity index is 1.81. The summed E-state index contributed by atoms with van der Waals surface area (Å²) in [6, 6.07) is 4.79. The van der Waals surface area contributed by atoms with Gasteiger partial charge in [-0.2, -0.15) is 0 Å². The number of hydrogen-bond acceptors (Lipinski definition) is 7. The van der Waals surface area contributed by atoms with E-state index in [1.165, 1.54) is 6.07 Å². The van der Waals surface area contributed by atoms with Crippen LogP contribution in [0.3, 0.4) is 0 Å². The van der Waals surface area contributed by atoms with E-state index in [0.717, 1.165) is 32.4 Å². The first-order valence-electron chi connectivity index (χ1n) is 11.4. The number of aliphatic hydroxyl groups excluding tert-OH is 1. The topological polar surface area (TPSA) is 109 Å². The number of fused-ring (bicyclic) bond motifs is 1. The highest BCUT2D eigenvalue weighted by Crippen LogP contribution is 2.24. The first-order valence-corrected chi connectivity index (χ1v) is 11.4. The van der Waals surface area contributed by atoms with Gasteiger partial charge in [0, 0.05) is 25.9 Å². The third-order valence-electron chi connectivity index (χ3n) is 5.61. The van der Waals surface area contributed by atoms with Gasteiger partial charge in [-0.05, 0) is 50.3 Å². The molecule has 1 amide bonds. The van der Waals surface area contributed by atoms with Crippen molar-refractivity contribution in [2.45, 2.75) is 57.7 Å². The van der Waals surface area contributed by atoms with Crippen molar-refractivity contribution < 1.29 is 29.4 Å². The molecule has 2 aliphatic heterocycles. The SMILES string of the molecule is C[C@@H]1C/C=C/C(O)C/C=C/C(=N\OCC(=O)N2CCCCC2)Cc2cccc(O)c2C(=O)O1. The molecule has 3 rings (SSSR count). The molecule has 1 saturated heterocycles. The predicted molar refractivity (Wildman–Crippen MR) is 124 cm³/mol. The summed E-state index contributed by atoms with van der Waals surface area (Å²) in [6.07, 6.45) is 9.85. The van der Waals surface area contributed by atoms with Crippen molar-refractivity contribution in [2.24, 2.45) is 5.16 Å². The number of oxime groups is 1. The van der Waals surface area contributed by atoms with Gasteiger partial charge >= 0.3 is 5.97 Å². The number of phenols is 1. The maximum absolute atomic E-state index is 12.8. The van der Waals surface area contributed by atoms with Crippen LogP contribution in [0.25, 0.3) is 0 Å². The van der Waals surface area contributed by atoms with E-state index >= 15 is 0 Å². The highest BCUT2D eigenvalue weighted by Gasteiger charge is 2.21. The number of esters is 1. The fourth-order valence-corrected chi connectivity index (χ4v) is 3.83. The maximum Gasteiger partial charge on any atom is 0.342 e. The van der Waals surface area contributed by atoms with Gasteiger partial charge in [0.05, 0.1) is 11.8 Å². The number of phenolic OH excluding ortho intramolecular Hbond substituents is 1. The van der Waals surface area contributed by atoms with Crippen molar-refractivity contribution in [1.29, 1.82) is 0 Å². The van der Waals surface area contributed by atoms with Crippen LogP contribution in [0.1, 0.15) is 54.9 Å². The molecule has 178 valence electrons.